The van der Waals surface area contributed by atoms with Crippen LogP contribution < -0.4 is 5.56 Å². The number of fused-ring (bicyclic) bond motifs is 1. The van der Waals surface area contributed by atoms with Gasteiger partial charge >= 0.3 is 0 Å². The van der Waals surface area contributed by atoms with Crippen molar-refractivity contribution < 1.29 is 0 Å². The first-order valence-corrected chi connectivity index (χ1v) is 7.45. The van der Waals surface area contributed by atoms with Gasteiger partial charge in [0.2, 0.25) is 0 Å². The molecule has 1 N–H and O–H groups in total. The molecule has 2 aromatic rings. The molecule has 2 heteroatoms. The molecular weight excluding hydrogens is 246 g/mol. The number of aromatic amines is 1. The third kappa shape index (κ3) is 2.43. The minimum Gasteiger partial charge on any atom is -0.325 e. The predicted octanol–water partition coefficient (Wildman–Crippen LogP) is 3.80. The van der Waals surface area contributed by atoms with E-state index in [9.17, 15) is 4.79 Å². The number of H-pyrrole nitrogens is 1. The molecule has 0 saturated heterocycles. The number of aromatic nitrogens is 1. The lowest BCUT2D eigenvalue weighted by molar-refractivity contribution is 0.340. The summed E-state index contributed by atoms with van der Waals surface area (Å²) in [5.74, 6) is 1.44. The summed E-state index contributed by atoms with van der Waals surface area (Å²) in [5, 5.41) is 0. The fourth-order valence-electron chi connectivity index (χ4n) is 3.13. The van der Waals surface area contributed by atoms with Gasteiger partial charge < -0.3 is 4.98 Å². The van der Waals surface area contributed by atoms with Gasteiger partial charge in [-0.25, -0.2) is 0 Å². The van der Waals surface area contributed by atoms with Crippen LogP contribution in [0.5, 0.6) is 0 Å². The standard InChI is InChI=1S/C18H21NO/c1-12(2)14-8-9-17-15(10-14)11-16(18(20)19-17)13-6-4-3-5-7-13/h3-7,11-12,14H,8-10H2,1-2H3,(H,19,20). The van der Waals surface area contributed by atoms with Crippen molar-refractivity contribution in [3.05, 3.63) is 58.0 Å². The van der Waals surface area contributed by atoms with Gasteiger partial charge in [0.05, 0.1) is 0 Å². The molecule has 1 aromatic carbocycles. The fraction of sp³-hybridized carbons (Fsp3) is 0.389. The number of hydrogen-bond acceptors (Lipinski definition) is 1. The van der Waals surface area contributed by atoms with Gasteiger partial charge in [-0.3, -0.25) is 4.79 Å². The number of pyridine rings is 1. The summed E-state index contributed by atoms with van der Waals surface area (Å²) in [6, 6.07) is 12.0. The highest BCUT2D eigenvalue weighted by molar-refractivity contribution is 5.63. The van der Waals surface area contributed by atoms with Crippen LogP contribution in [-0.2, 0) is 12.8 Å². The maximum absolute atomic E-state index is 12.3. The van der Waals surface area contributed by atoms with Crippen molar-refractivity contribution in [2.24, 2.45) is 11.8 Å². The first-order valence-electron chi connectivity index (χ1n) is 7.45. The zero-order valence-electron chi connectivity index (χ0n) is 12.1. The second kappa shape index (κ2) is 5.28. The maximum Gasteiger partial charge on any atom is 0.256 e. The van der Waals surface area contributed by atoms with Crippen molar-refractivity contribution in [2.75, 3.05) is 0 Å². The van der Waals surface area contributed by atoms with E-state index in [0.29, 0.717) is 5.92 Å². The summed E-state index contributed by atoms with van der Waals surface area (Å²) in [5.41, 5.74) is 4.31. The molecule has 0 spiro atoms. The zero-order chi connectivity index (χ0) is 14.1. The van der Waals surface area contributed by atoms with Gasteiger partial charge in [0.25, 0.3) is 5.56 Å². The number of aryl methyl sites for hydroxylation is 1. The van der Waals surface area contributed by atoms with Crippen molar-refractivity contribution in [3.63, 3.8) is 0 Å². The molecule has 1 aromatic heterocycles. The number of nitrogens with one attached hydrogen (secondary N) is 1. The van der Waals surface area contributed by atoms with Crippen molar-refractivity contribution in [1.82, 2.24) is 4.98 Å². The average Bonchev–Trinajstić information content (AvgIpc) is 2.47. The van der Waals surface area contributed by atoms with E-state index in [1.165, 1.54) is 12.0 Å². The monoisotopic (exact) mass is 267 g/mol. The Hall–Kier alpha value is -1.83. The van der Waals surface area contributed by atoms with Crippen LogP contribution in [0.15, 0.2) is 41.2 Å². The van der Waals surface area contributed by atoms with Gasteiger partial charge in [-0.05, 0) is 48.3 Å². The summed E-state index contributed by atoms with van der Waals surface area (Å²) < 4.78 is 0. The van der Waals surface area contributed by atoms with Crippen LogP contribution in [0.2, 0.25) is 0 Å². The minimum absolute atomic E-state index is 0.0398. The Morgan fingerprint density at radius 2 is 1.95 bits per heavy atom. The molecule has 0 amide bonds. The van der Waals surface area contributed by atoms with E-state index in [2.05, 4.69) is 24.9 Å². The normalized spacial score (nSPS) is 18.1. The first kappa shape index (κ1) is 13.2. The molecule has 3 rings (SSSR count). The summed E-state index contributed by atoms with van der Waals surface area (Å²) >= 11 is 0. The Kier molecular flexibility index (Phi) is 3.47. The Morgan fingerprint density at radius 3 is 2.65 bits per heavy atom. The Balaban J connectivity index is 2.03. The molecule has 1 heterocycles. The van der Waals surface area contributed by atoms with E-state index in [1.807, 2.05) is 30.3 Å². The molecule has 2 nitrogen and oxygen atoms in total. The molecule has 0 aliphatic heterocycles. The van der Waals surface area contributed by atoms with Crippen LogP contribution in [0.1, 0.15) is 31.5 Å². The van der Waals surface area contributed by atoms with Crippen molar-refractivity contribution in [3.8, 4) is 11.1 Å². The summed E-state index contributed by atoms with van der Waals surface area (Å²) in [6.45, 7) is 4.58. The van der Waals surface area contributed by atoms with E-state index < -0.39 is 0 Å². The summed E-state index contributed by atoms with van der Waals surface area (Å²) in [6.07, 6.45) is 3.28. The van der Waals surface area contributed by atoms with Crippen LogP contribution in [-0.4, -0.2) is 4.98 Å². The van der Waals surface area contributed by atoms with Gasteiger partial charge in [0, 0.05) is 11.3 Å². The molecule has 0 radical (unpaired) electrons. The molecule has 0 saturated carbocycles. The molecule has 0 bridgehead atoms. The highest BCUT2D eigenvalue weighted by atomic mass is 16.1. The lowest BCUT2D eigenvalue weighted by atomic mass is 9.79. The summed E-state index contributed by atoms with van der Waals surface area (Å²) in [4.78, 5) is 15.4. The topological polar surface area (TPSA) is 32.9 Å². The average molecular weight is 267 g/mol. The van der Waals surface area contributed by atoms with Crippen molar-refractivity contribution in [1.29, 1.82) is 0 Å². The summed E-state index contributed by atoms with van der Waals surface area (Å²) in [7, 11) is 0. The predicted molar refractivity (Wildman–Crippen MR) is 82.9 cm³/mol. The van der Waals surface area contributed by atoms with Gasteiger partial charge in [-0.15, -0.1) is 0 Å². The quantitative estimate of drug-likeness (QED) is 0.882. The van der Waals surface area contributed by atoms with Crippen LogP contribution in [0.25, 0.3) is 11.1 Å². The van der Waals surface area contributed by atoms with E-state index in [1.54, 1.807) is 0 Å². The lowest BCUT2D eigenvalue weighted by Gasteiger charge is -2.27. The third-order valence-electron chi connectivity index (χ3n) is 4.49. The third-order valence-corrected chi connectivity index (χ3v) is 4.49. The Morgan fingerprint density at radius 1 is 1.20 bits per heavy atom. The van der Waals surface area contributed by atoms with Gasteiger partial charge in [0.15, 0.2) is 0 Å². The molecule has 104 valence electrons. The molecule has 0 fully saturated rings. The van der Waals surface area contributed by atoms with Crippen LogP contribution in [0.4, 0.5) is 0 Å². The molecule has 1 aliphatic rings. The second-order valence-electron chi connectivity index (χ2n) is 6.13. The SMILES string of the molecule is CC(C)C1CCc2[nH]c(=O)c(-c3ccccc3)cc2C1. The second-order valence-corrected chi connectivity index (χ2v) is 6.13. The van der Waals surface area contributed by atoms with Gasteiger partial charge in [0.1, 0.15) is 0 Å². The lowest BCUT2D eigenvalue weighted by Crippen LogP contribution is -2.23. The van der Waals surface area contributed by atoms with E-state index in [0.717, 1.165) is 35.6 Å². The van der Waals surface area contributed by atoms with Gasteiger partial charge in [-0.2, -0.15) is 0 Å². The van der Waals surface area contributed by atoms with Crippen LogP contribution in [0, 0.1) is 11.8 Å². The highest BCUT2D eigenvalue weighted by Crippen LogP contribution is 2.30. The number of benzene rings is 1. The molecule has 1 atom stereocenters. The zero-order valence-corrected chi connectivity index (χ0v) is 12.1. The number of hydrogen-bond donors (Lipinski definition) is 1. The first-order chi connectivity index (χ1) is 9.65. The number of rotatable bonds is 2. The van der Waals surface area contributed by atoms with Crippen LogP contribution in [0.3, 0.4) is 0 Å². The highest BCUT2D eigenvalue weighted by Gasteiger charge is 2.22. The maximum atomic E-state index is 12.3. The Labute approximate surface area is 119 Å². The van der Waals surface area contributed by atoms with E-state index in [-0.39, 0.29) is 5.56 Å². The minimum atomic E-state index is 0.0398. The molecular formula is C18H21NO. The Bertz CT molecular complexity index is 655. The fourth-order valence-corrected chi connectivity index (χ4v) is 3.13. The van der Waals surface area contributed by atoms with E-state index >= 15 is 0 Å². The molecule has 1 unspecified atom stereocenters. The molecule has 20 heavy (non-hydrogen) atoms. The van der Waals surface area contributed by atoms with Crippen molar-refractivity contribution in [2.45, 2.75) is 33.1 Å². The van der Waals surface area contributed by atoms with Gasteiger partial charge in [-0.1, -0.05) is 44.2 Å². The van der Waals surface area contributed by atoms with Crippen molar-refractivity contribution >= 4 is 0 Å². The van der Waals surface area contributed by atoms with E-state index in [4.69, 9.17) is 0 Å². The largest absolute Gasteiger partial charge is 0.325 e. The molecule has 1 aliphatic carbocycles. The van der Waals surface area contributed by atoms with Crippen LogP contribution >= 0.6 is 0 Å². The smallest absolute Gasteiger partial charge is 0.256 e.